The third kappa shape index (κ3) is 11.5. The molecule has 0 aliphatic rings. The van der Waals surface area contributed by atoms with Crippen LogP contribution in [-0.2, 0) is 0 Å². The van der Waals surface area contributed by atoms with Gasteiger partial charge in [0.2, 0.25) is 0 Å². The van der Waals surface area contributed by atoms with Gasteiger partial charge in [-0.3, -0.25) is 19.9 Å². The minimum atomic E-state index is 0.535. The highest BCUT2D eigenvalue weighted by Gasteiger charge is 2.14. The fraction of sp³-hybridized carbons (Fsp3) is 0. The molecule has 20 aromatic carbocycles. The molecule has 0 saturated carbocycles. The van der Waals surface area contributed by atoms with Crippen molar-refractivity contribution in [2.75, 3.05) is 0 Å². The molecule has 0 saturated heterocycles. The molecular weight excluding hydrogens is 1310 g/mol. The van der Waals surface area contributed by atoms with Crippen LogP contribution < -0.4 is 0 Å². The summed E-state index contributed by atoms with van der Waals surface area (Å²) in [5.74, 6) is 0. The van der Waals surface area contributed by atoms with Crippen LogP contribution >= 0.6 is 0 Å². The fourth-order valence-electron chi connectivity index (χ4n) is 16.3. The third-order valence-corrected chi connectivity index (χ3v) is 21.0. The highest BCUT2D eigenvalue weighted by molar-refractivity contribution is 6.30. The Labute approximate surface area is 647 Å². The number of hydrogen-bond donors (Lipinski definition) is 0. The first kappa shape index (κ1) is 53.5. The maximum Gasteiger partial charge on any atom is 0.0786 e. The summed E-state index contributed by atoms with van der Waals surface area (Å²) in [6, 6.07) is 118. The summed E-state index contributed by atoms with van der Waals surface area (Å²) >= 11 is 0. The summed E-state index contributed by atoms with van der Waals surface area (Å²) < 4.78 is 97.1. The lowest BCUT2D eigenvalue weighted by Gasteiger charge is -2.09. The second kappa shape index (κ2) is 28.4. The first-order chi connectivity index (χ1) is 61.1. The van der Waals surface area contributed by atoms with Crippen LogP contribution in [-0.4, -0.2) is 19.9 Å². The van der Waals surface area contributed by atoms with Crippen LogP contribution in [0.15, 0.2) is 413 Å². The van der Waals surface area contributed by atoms with Gasteiger partial charge in [-0.15, -0.1) is 0 Å². The predicted molar refractivity (Wildman–Crippen MR) is 476 cm³/mol. The van der Waals surface area contributed by atoms with Gasteiger partial charge in [0.1, 0.15) is 0 Å². The van der Waals surface area contributed by atoms with Crippen LogP contribution in [0.5, 0.6) is 0 Å². The Morgan fingerprint density at radius 2 is 0.296 bits per heavy atom. The number of pyridine rings is 4. The zero-order chi connectivity index (χ0) is 86.9. The van der Waals surface area contributed by atoms with E-state index >= 15 is 0 Å². The van der Waals surface area contributed by atoms with Gasteiger partial charge in [-0.1, -0.05) is 352 Å². The number of fused-ring (bicyclic) bond motifs is 36. The standard InChI is InChI=1S/2C18H12.4C17H11N.5H2/c2*1-2-8-14-13(7-1)15-9-3-4-11-17(15)18-12-6-5-10-16(14)18;2*1-2-7-14-12(6-1)13-8-3-4-9-15(13)17-16(14)10-5-11-18-17;2*1-2-7-14-12(5-1)13-6-3-4-8-15(13)17-11-18-10-9-16(14)17;;;;;/h2*1-12H;4*1-11H;5*1H/i2*1D;3D;2D;3D;1D;5*1+1D. The molecule has 0 fully saturated rings. The molecule has 4 nitrogen and oxygen atoms in total. The van der Waals surface area contributed by atoms with Crippen molar-refractivity contribution in [3.63, 3.8) is 0 Å². The van der Waals surface area contributed by atoms with Crippen LogP contribution in [0.25, 0.3) is 194 Å². The maximum absolute atomic E-state index is 7.86. The first-order valence-electron chi connectivity index (χ1n) is 44.3. The van der Waals surface area contributed by atoms with Gasteiger partial charge in [0.25, 0.3) is 0 Å². The minimum absolute atomic E-state index is 0.535. The van der Waals surface area contributed by atoms with Crippen LogP contribution in [0.2, 0.25) is 0 Å². The highest BCUT2D eigenvalue weighted by Crippen LogP contribution is 2.41. The molecule has 0 radical (unpaired) electrons. The molecule has 4 aromatic heterocycles. The summed E-state index contributed by atoms with van der Waals surface area (Å²) in [6.07, 6.45) is 11.1. The number of benzene rings is 20. The number of nitrogens with zero attached hydrogens (tertiary/aromatic N) is 4. The normalized spacial score (nSPS) is 12.5. The topological polar surface area (TPSA) is 51.6 Å². The Morgan fingerprint density at radius 1 is 0.148 bits per heavy atom. The SMILES string of the molecule is [2H][2H].[2H][2H].[2H][2H].[2H][2H].[2H][2H].[2H]c1ccc2c(c1)c1ccccc1c1cccnc12.[2H]c1ccc2c3ccccc3c3ccccc3c2c1.[2H]c1ccc2c3ccccc3c3ccccc3c2c1.[2H]c1ccc2c3ccccc3c3ncccc3c2c1.[2H]c1ccc2c3ccncc3c3ccccc3c2c1.[2H]c1ccc2c3cnccc3c3ccccc3c2c1. The van der Waals surface area contributed by atoms with E-state index in [1.165, 1.54) is 140 Å². The highest BCUT2D eigenvalue weighted by atomic mass is 14.7. The Bertz CT molecular complexity index is 6600. The summed E-state index contributed by atoms with van der Waals surface area (Å²) in [7, 11) is 0. The van der Waals surface area contributed by atoms with Crippen LogP contribution in [0, 0.1) is 0 Å². The molecule has 24 aromatic rings. The van der Waals surface area contributed by atoms with Crippen molar-refractivity contribution >= 4 is 194 Å². The van der Waals surface area contributed by atoms with Crippen molar-refractivity contribution in [3.8, 4) is 0 Å². The number of rotatable bonds is 0. The first-order valence-corrected chi connectivity index (χ1v) is 36.3. The second-order valence-electron chi connectivity index (χ2n) is 26.8. The van der Waals surface area contributed by atoms with Gasteiger partial charge in [0.15, 0.2) is 0 Å². The van der Waals surface area contributed by atoms with E-state index in [-0.39, 0.29) is 0 Å². The molecule has 108 heavy (non-hydrogen) atoms. The van der Waals surface area contributed by atoms with Crippen molar-refractivity contribution in [1.29, 1.82) is 0 Å². The van der Waals surface area contributed by atoms with E-state index in [4.69, 9.17) is 23.1 Å². The van der Waals surface area contributed by atoms with Crippen LogP contribution in [0.4, 0.5) is 0 Å². The molecule has 0 N–H and O–H groups in total. The average molecular weight is 1400 g/mol. The van der Waals surface area contributed by atoms with Gasteiger partial charge >= 0.3 is 0 Å². The number of aromatic nitrogens is 4. The Hall–Kier alpha value is -14.3. The van der Waals surface area contributed by atoms with Crippen molar-refractivity contribution in [2.45, 2.75) is 0 Å². The number of hydrogen-bond acceptors (Lipinski definition) is 4. The summed E-state index contributed by atoms with van der Waals surface area (Å²) in [6.45, 7) is 0. The van der Waals surface area contributed by atoms with Gasteiger partial charge < -0.3 is 0 Å². The largest absolute Gasteiger partial charge is 0.264 e. The lowest BCUT2D eigenvalue weighted by atomic mass is 9.95. The van der Waals surface area contributed by atoms with Crippen molar-refractivity contribution in [2.24, 2.45) is 0 Å². The minimum Gasteiger partial charge on any atom is -0.264 e. The van der Waals surface area contributed by atoms with E-state index < -0.39 is 0 Å². The third-order valence-electron chi connectivity index (χ3n) is 21.0. The second-order valence-corrected chi connectivity index (χ2v) is 26.8. The quantitative estimate of drug-likeness (QED) is 0.142. The van der Waals surface area contributed by atoms with E-state index in [0.717, 1.165) is 54.1 Å². The van der Waals surface area contributed by atoms with E-state index in [0.29, 0.717) is 36.3 Å². The van der Waals surface area contributed by atoms with Crippen LogP contribution in [0.1, 0.15) is 23.1 Å². The van der Waals surface area contributed by atoms with Gasteiger partial charge in [-0.05, 0) is 175 Å². The molecule has 0 aliphatic heterocycles. The van der Waals surface area contributed by atoms with Gasteiger partial charge in [-0.2, -0.15) is 0 Å². The molecule has 0 aliphatic carbocycles. The lowest BCUT2D eigenvalue weighted by molar-refractivity contribution is 1.37. The zero-order valence-corrected chi connectivity index (χ0v) is 58.6. The Balaban J connectivity index is 0.000000119. The molecule has 0 spiro atoms. The van der Waals surface area contributed by atoms with Gasteiger partial charge in [0.05, 0.1) is 19.3 Å². The van der Waals surface area contributed by atoms with Gasteiger partial charge in [-0.25, -0.2) is 0 Å². The molecular formula is C104H78N4. The summed E-state index contributed by atoms with van der Waals surface area (Å²) in [4.78, 5) is 17.6. The fourth-order valence-corrected chi connectivity index (χ4v) is 16.3. The van der Waals surface area contributed by atoms with E-state index in [9.17, 15) is 0 Å². The monoisotopic (exact) mass is 1400 g/mol. The maximum atomic E-state index is 7.86. The molecule has 4 heterocycles. The zero-order valence-electron chi connectivity index (χ0n) is 74.6. The van der Waals surface area contributed by atoms with Crippen molar-refractivity contribution in [3.05, 3.63) is 413 Å². The van der Waals surface area contributed by atoms with Crippen molar-refractivity contribution < 1.29 is 23.1 Å². The summed E-state index contributed by atoms with van der Waals surface area (Å²) in [5.41, 5.74) is 2.02. The Kier molecular flexibility index (Phi) is 14.0. The van der Waals surface area contributed by atoms with E-state index in [2.05, 4.69) is 202 Å². The van der Waals surface area contributed by atoms with Crippen LogP contribution in [0.3, 0.4) is 0 Å². The van der Waals surface area contributed by atoms with Gasteiger partial charge in [0, 0.05) is 84.3 Å². The summed E-state index contributed by atoms with van der Waals surface area (Å²) in [5, 5.41) is 40.6. The van der Waals surface area contributed by atoms with E-state index in [1.807, 2.05) is 195 Å². The average Bonchev–Trinajstić information content (AvgIpc) is 0.781. The molecule has 0 amide bonds. The molecule has 0 unspecified atom stereocenters. The Morgan fingerprint density at radius 3 is 0.528 bits per heavy atom. The van der Waals surface area contributed by atoms with Crippen molar-refractivity contribution in [1.82, 2.24) is 19.9 Å². The van der Waals surface area contributed by atoms with E-state index in [1.54, 1.807) is 0 Å². The molecule has 0 bridgehead atoms. The smallest absolute Gasteiger partial charge is 0.0786 e. The molecule has 0 atom stereocenters. The predicted octanol–water partition coefficient (Wildman–Crippen LogP) is 29.7. The molecule has 24 rings (SSSR count). The molecule has 514 valence electrons. The lowest BCUT2D eigenvalue weighted by Crippen LogP contribution is -1.84. The molecule has 4 heteroatoms.